The Hall–Kier alpha value is -5.28. The zero-order valence-electron chi connectivity index (χ0n) is 42.3. The van der Waals surface area contributed by atoms with Crippen molar-refractivity contribution >= 4 is 34.1 Å². The zero-order valence-corrected chi connectivity index (χ0v) is 42.3. The molecular weight excluding hydrogens is 739 g/mol. The molecule has 0 saturated carbocycles. The van der Waals surface area contributed by atoms with Crippen LogP contribution in [0.2, 0.25) is 0 Å². The van der Waals surface area contributed by atoms with E-state index >= 15 is 0 Å². The smallest absolute Gasteiger partial charge is 0.0444 e. The van der Waals surface area contributed by atoms with Crippen molar-refractivity contribution in [2.45, 2.75) is 130 Å². The molecule has 0 spiro atoms. The fourth-order valence-corrected chi connectivity index (χ4v) is 6.93. The molecule has 3 heteroatoms. The van der Waals surface area contributed by atoms with Crippen molar-refractivity contribution in [1.29, 1.82) is 0 Å². The average Bonchev–Trinajstić information content (AvgIpc) is 3.37. The van der Waals surface area contributed by atoms with Crippen LogP contribution in [-0.4, -0.2) is 21.1 Å². The fourth-order valence-electron chi connectivity index (χ4n) is 6.93. The summed E-state index contributed by atoms with van der Waals surface area (Å²) >= 11 is 0. The molecule has 3 aliphatic heterocycles. The molecule has 3 nitrogen and oxygen atoms in total. The van der Waals surface area contributed by atoms with Crippen LogP contribution >= 0.6 is 0 Å². The van der Waals surface area contributed by atoms with Gasteiger partial charge >= 0.3 is 0 Å². The van der Waals surface area contributed by atoms with Gasteiger partial charge in [0.05, 0.1) is 0 Å². The molecule has 0 saturated heterocycles. The monoisotopic (exact) mass is 826 g/mol. The van der Waals surface area contributed by atoms with E-state index < -0.39 is 0 Å². The number of rotatable bonds is 0. The molecule has 0 unspecified atom stereocenters. The third-order valence-electron chi connectivity index (χ3n) is 9.26. The van der Waals surface area contributed by atoms with E-state index in [2.05, 4.69) is 181 Å². The van der Waals surface area contributed by atoms with E-state index in [1.807, 2.05) is 111 Å². The average molecular weight is 826 g/mol. The van der Waals surface area contributed by atoms with Crippen LogP contribution in [-0.2, 0) is 19.3 Å². The minimum Gasteiger partial charge on any atom is -0.344 e. The second-order valence-corrected chi connectivity index (χ2v) is 12.0. The van der Waals surface area contributed by atoms with Crippen molar-refractivity contribution in [3.63, 3.8) is 0 Å². The molecule has 0 N–H and O–H groups in total. The van der Waals surface area contributed by atoms with Crippen LogP contribution in [0.15, 0.2) is 146 Å². The third kappa shape index (κ3) is 16.3. The number of anilines is 6. The molecule has 0 amide bonds. The second-order valence-electron chi connectivity index (χ2n) is 12.0. The summed E-state index contributed by atoms with van der Waals surface area (Å²) in [5.74, 6) is 0. The first kappa shape index (κ1) is 57.8. The Labute approximate surface area is 377 Å². The van der Waals surface area contributed by atoms with Crippen molar-refractivity contribution in [1.82, 2.24) is 0 Å². The lowest BCUT2D eigenvalue weighted by Gasteiger charge is -2.29. The van der Waals surface area contributed by atoms with Crippen molar-refractivity contribution in [2.24, 2.45) is 0 Å². The van der Waals surface area contributed by atoms with Gasteiger partial charge in [0.2, 0.25) is 0 Å². The summed E-state index contributed by atoms with van der Waals surface area (Å²) in [4.78, 5) is 6.82. The topological polar surface area (TPSA) is 9.72 Å². The summed E-state index contributed by atoms with van der Waals surface area (Å²) in [6.45, 7) is 32.0. The molecule has 0 aliphatic carbocycles. The summed E-state index contributed by atoms with van der Waals surface area (Å²) in [6.07, 6.45) is 3.16. The highest BCUT2D eigenvalue weighted by atomic mass is 15.1. The van der Waals surface area contributed by atoms with Crippen LogP contribution in [0, 0.1) is 0 Å². The number of benzene rings is 6. The van der Waals surface area contributed by atoms with Gasteiger partial charge in [-0.05, 0) is 69.8 Å². The predicted molar refractivity (Wildman–Crippen MR) is 282 cm³/mol. The lowest BCUT2D eigenvalue weighted by atomic mass is 9.96. The van der Waals surface area contributed by atoms with Gasteiger partial charge in [0.1, 0.15) is 0 Å². The Morgan fingerprint density at radius 3 is 0.459 bits per heavy atom. The van der Waals surface area contributed by atoms with Crippen molar-refractivity contribution in [3.8, 4) is 0 Å². The van der Waals surface area contributed by atoms with Gasteiger partial charge in [-0.2, -0.15) is 0 Å². The lowest BCUT2D eigenvalue weighted by molar-refractivity contribution is 1.06. The van der Waals surface area contributed by atoms with Crippen LogP contribution in [0.5, 0.6) is 0 Å². The van der Waals surface area contributed by atoms with E-state index in [0.29, 0.717) is 0 Å². The second kappa shape index (κ2) is 35.5. The fraction of sp³-hybridized carbons (Fsp3) is 0.379. The maximum Gasteiger partial charge on any atom is 0.0444 e. The van der Waals surface area contributed by atoms with Gasteiger partial charge in [-0.1, -0.05) is 220 Å². The number of hydrogen-bond acceptors (Lipinski definition) is 3. The van der Waals surface area contributed by atoms with Crippen LogP contribution in [0.4, 0.5) is 34.1 Å². The van der Waals surface area contributed by atoms with Gasteiger partial charge in [0.25, 0.3) is 0 Å². The van der Waals surface area contributed by atoms with Gasteiger partial charge < -0.3 is 14.7 Å². The van der Waals surface area contributed by atoms with E-state index in [0.717, 1.165) is 19.3 Å². The molecule has 3 aliphatic rings. The highest BCUT2D eigenvalue weighted by Crippen LogP contribution is 2.39. The summed E-state index contributed by atoms with van der Waals surface area (Å²) in [5.41, 5.74) is 16.5. The molecule has 0 bridgehead atoms. The van der Waals surface area contributed by atoms with E-state index in [4.69, 9.17) is 0 Å². The maximum atomic E-state index is 2.27. The first-order valence-corrected chi connectivity index (χ1v) is 23.8. The molecule has 9 rings (SSSR count). The van der Waals surface area contributed by atoms with Crippen LogP contribution in [0.1, 0.15) is 144 Å². The summed E-state index contributed by atoms with van der Waals surface area (Å²) in [7, 11) is 6.41. The Morgan fingerprint density at radius 2 is 0.328 bits per heavy atom. The van der Waals surface area contributed by atoms with E-state index in [1.165, 1.54) is 67.5 Å². The molecule has 0 atom stereocenters. The molecule has 334 valence electrons. The molecular formula is C58H87N3. The van der Waals surface area contributed by atoms with Gasteiger partial charge in [-0.15, -0.1) is 0 Å². The van der Waals surface area contributed by atoms with E-state index in [9.17, 15) is 0 Å². The van der Waals surface area contributed by atoms with Crippen LogP contribution < -0.4 is 14.7 Å². The minimum atomic E-state index is 1.05. The first-order chi connectivity index (χ1) is 30.1. The first-order valence-electron chi connectivity index (χ1n) is 23.8. The Kier molecular flexibility index (Phi) is 33.6. The third-order valence-corrected chi connectivity index (χ3v) is 9.26. The maximum absolute atomic E-state index is 2.27. The van der Waals surface area contributed by atoms with Crippen LogP contribution in [0.3, 0.4) is 0 Å². The molecule has 0 aromatic heterocycles. The molecule has 6 aromatic carbocycles. The predicted octanol–water partition coefficient (Wildman–Crippen LogP) is 18.3. The largest absolute Gasteiger partial charge is 0.344 e. The van der Waals surface area contributed by atoms with Gasteiger partial charge in [-0.25, -0.2) is 0 Å². The molecule has 0 radical (unpaired) electrons. The summed E-state index contributed by atoms with van der Waals surface area (Å²) in [6, 6.07) is 51.6. The van der Waals surface area contributed by atoms with Gasteiger partial charge in [-0.3, -0.25) is 0 Å². The molecule has 61 heavy (non-hydrogen) atoms. The quantitative estimate of drug-likeness (QED) is 0.151. The molecule has 0 fully saturated rings. The molecule has 3 heterocycles. The van der Waals surface area contributed by atoms with E-state index in [1.54, 1.807) is 0 Å². The van der Waals surface area contributed by atoms with Crippen molar-refractivity contribution < 1.29 is 0 Å². The number of fused-ring (bicyclic) bond motifs is 6. The Bertz CT molecular complexity index is 1600. The number of hydrogen-bond donors (Lipinski definition) is 0. The zero-order chi connectivity index (χ0) is 46.8. The SMILES string of the molecule is CC.CC.CC.CC.CC.CC.CC.CC.CN1c2ccccc2Cc2ccccc21.CN1c2ccccc2Cc2ccccc21.CN1c2ccccc2Cc2ccccc21. The number of para-hydroxylation sites is 6. The normalized spacial score (nSPS) is 10.6. The van der Waals surface area contributed by atoms with Gasteiger partial charge in [0.15, 0.2) is 0 Å². The van der Waals surface area contributed by atoms with E-state index in [-0.39, 0.29) is 0 Å². The Morgan fingerprint density at radius 1 is 0.213 bits per heavy atom. The minimum absolute atomic E-state index is 1.05. The summed E-state index contributed by atoms with van der Waals surface area (Å²) in [5, 5.41) is 0. The lowest BCUT2D eigenvalue weighted by Crippen LogP contribution is -2.18. The highest BCUT2D eigenvalue weighted by molar-refractivity contribution is 5.75. The van der Waals surface area contributed by atoms with Crippen molar-refractivity contribution in [2.75, 3.05) is 35.8 Å². The number of nitrogens with zero attached hydrogens (tertiary/aromatic N) is 3. The van der Waals surface area contributed by atoms with Crippen LogP contribution in [0.25, 0.3) is 0 Å². The van der Waals surface area contributed by atoms with Crippen molar-refractivity contribution in [3.05, 3.63) is 179 Å². The standard InChI is InChI=1S/3C14H13N.8C2H6/c3*1-15-13-8-4-2-6-11(13)10-12-7-3-5-9-14(12)15;8*1-2/h3*2-9H,10H2,1H3;8*1-2H3. The van der Waals surface area contributed by atoms with Gasteiger partial charge in [0, 0.05) is 74.5 Å². The Balaban J connectivity index is 0. The summed E-state index contributed by atoms with van der Waals surface area (Å²) < 4.78 is 0. The molecule has 6 aromatic rings. The highest BCUT2D eigenvalue weighted by Gasteiger charge is 2.20.